The molecule has 2 aromatic heterocycles. The fraction of sp³-hybridized carbons (Fsp3) is 0.500. The van der Waals surface area contributed by atoms with E-state index in [9.17, 15) is 0 Å². The molecule has 3 rings (SSSR count). The van der Waals surface area contributed by atoms with E-state index in [2.05, 4.69) is 78.9 Å². The van der Waals surface area contributed by atoms with Crippen molar-refractivity contribution in [3.8, 4) is 0 Å². The summed E-state index contributed by atoms with van der Waals surface area (Å²) in [5.74, 6) is 0.537. The second-order valence-corrected chi connectivity index (χ2v) is 8.58. The van der Waals surface area contributed by atoms with Gasteiger partial charge in [-0.3, -0.25) is 4.98 Å². The van der Waals surface area contributed by atoms with Crippen LogP contribution in [-0.2, 0) is 5.54 Å². The van der Waals surface area contributed by atoms with Crippen LogP contribution in [0.2, 0.25) is 0 Å². The maximum Gasteiger partial charge on any atom is 0.170 e. The van der Waals surface area contributed by atoms with Gasteiger partial charge in [0.1, 0.15) is 0 Å². The van der Waals surface area contributed by atoms with Gasteiger partial charge in [-0.25, -0.2) is 0 Å². The van der Waals surface area contributed by atoms with Crippen molar-refractivity contribution >= 4 is 17.3 Å². The van der Waals surface area contributed by atoms with Gasteiger partial charge in [-0.1, -0.05) is 19.9 Å². The number of aromatic nitrogens is 2. The minimum Gasteiger partial charge on any atom is -0.352 e. The highest BCUT2D eigenvalue weighted by molar-refractivity contribution is 7.80. The Balaban J connectivity index is 2.01. The van der Waals surface area contributed by atoms with E-state index in [0.717, 1.165) is 17.4 Å². The molecule has 1 aliphatic heterocycles. The van der Waals surface area contributed by atoms with Gasteiger partial charge in [0.2, 0.25) is 0 Å². The normalized spacial score (nSPS) is 21.0. The minimum absolute atomic E-state index is 0.0637. The van der Waals surface area contributed by atoms with Crippen molar-refractivity contribution in [1.29, 1.82) is 0 Å². The fourth-order valence-electron chi connectivity index (χ4n) is 3.36. The number of thiocarbonyl (C=S) groups is 1. The molecule has 1 saturated heterocycles. The molecule has 0 aromatic carbocycles. The number of nitrogens with zero attached hydrogens (tertiary/aromatic N) is 3. The Morgan fingerprint density at radius 3 is 2.56 bits per heavy atom. The first-order valence-electron chi connectivity index (χ1n) is 8.94. The topological polar surface area (TPSA) is 33.1 Å². The quantitative estimate of drug-likeness (QED) is 0.830. The van der Waals surface area contributed by atoms with Gasteiger partial charge in [0.05, 0.1) is 17.8 Å². The Hall–Kier alpha value is -1.88. The van der Waals surface area contributed by atoms with Crippen LogP contribution in [0.4, 0.5) is 0 Å². The van der Waals surface area contributed by atoms with Gasteiger partial charge in [0.15, 0.2) is 5.11 Å². The fourth-order valence-corrected chi connectivity index (χ4v) is 3.68. The van der Waals surface area contributed by atoms with E-state index >= 15 is 0 Å². The standard InChI is InChI=1S/C20H28N4S/c1-14(2)12-24-18(15-9-11-23(13-15)20(3,4)5)17(22-19(24)25)16-8-6-7-10-21-16/h6-11,13-14,17-18H,12H2,1-5H3,(H,22,25)/t17-,18+/m1/s1. The zero-order valence-electron chi connectivity index (χ0n) is 15.7. The van der Waals surface area contributed by atoms with E-state index in [1.807, 2.05) is 18.3 Å². The van der Waals surface area contributed by atoms with Crippen LogP contribution in [0.1, 0.15) is 58.0 Å². The summed E-state index contributed by atoms with van der Waals surface area (Å²) in [6.07, 6.45) is 6.27. The van der Waals surface area contributed by atoms with Gasteiger partial charge in [-0.15, -0.1) is 0 Å². The monoisotopic (exact) mass is 356 g/mol. The highest BCUT2D eigenvalue weighted by Gasteiger charge is 2.40. The highest BCUT2D eigenvalue weighted by Crippen LogP contribution is 2.39. The number of rotatable bonds is 4. The molecule has 4 nitrogen and oxygen atoms in total. The first-order chi connectivity index (χ1) is 11.8. The lowest BCUT2D eigenvalue weighted by atomic mass is 9.98. The molecular weight excluding hydrogens is 328 g/mol. The summed E-state index contributed by atoms with van der Waals surface area (Å²) in [4.78, 5) is 6.91. The Kier molecular flexibility index (Phi) is 4.87. The van der Waals surface area contributed by atoms with E-state index < -0.39 is 0 Å². The van der Waals surface area contributed by atoms with E-state index in [-0.39, 0.29) is 17.6 Å². The lowest BCUT2D eigenvalue weighted by Gasteiger charge is -2.29. The molecule has 0 bridgehead atoms. The molecule has 0 saturated carbocycles. The van der Waals surface area contributed by atoms with Crippen LogP contribution in [0.15, 0.2) is 42.9 Å². The minimum atomic E-state index is 0.0637. The highest BCUT2D eigenvalue weighted by atomic mass is 32.1. The van der Waals surface area contributed by atoms with Gasteiger partial charge in [-0.05, 0) is 62.7 Å². The van der Waals surface area contributed by atoms with Crippen LogP contribution < -0.4 is 5.32 Å². The van der Waals surface area contributed by atoms with Crippen molar-refractivity contribution in [2.45, 2.75) is 52.2 Å². The van der Waals surface area contributed by atoms with E-state index in [1.54, 1.807) is 0 Å². The maximum atomic E-state index is 5.67. The Morgan fingerprint density at radius 1 is 1.24 bits per heavy atom. The van der Waals surface area contributed by atoms with E-state index in [1.165, 1.54) is 5.56 Å². The van der Waals surface area contributed by atoms with Crippen molar-refractivity contribution in [2.24, 2.45) is 5.92 Å². The summed E-state index contributed by atoms with van der Waals surface area (Å²) >= 11 is 5.67. The van der Waals surface area contributed by atoms with Crippen molar-refractivity contribution in [2.75, 3.05) is 6.54 Å². The van der Waals surface area contributed by atoms with E-state index in [4.69, 9.17) is 12.2 Å². The molecule has 0 amide bonds. The predicted octanol–water partition coefficient (Wildman–Crippen LogP) is 4.27. The van der Waals surface area contributed by atoms with E-state index in [0.29, 0.717) is 5.92 Å². The molecule has 25 heavy (non-hydrogen) atoms. The second-order valence-electron chi connectivity index (χ2n) is 8.20. The number of nitrogens with one attached hydrogen (secondary N) is 1. The molecule has 0 spiro atoms. The summed E-state index contributed by atoms with van der Waals surface area (Å²) in [7, 11) is 0. The largest absolute Gasteiger partial charge is 0.352 e. The zero-order chi connectivity index (χ0) is 18.2. The lowest BCUT2D eigenvalue weighted by molar-refractivity contribution is 0.286. The third kappa shape index (κ3) is 3.71. The van der Waals surface area contributed by atoms with Gasteiger partial charge in [0.25, 0.3) is 0 Å². The smallest absolute Gasteiger partial charge is 0.170 e. The molecule has 134 valence electrons. The molecular formula is C20H28N4S. The molecule has 5 heteroatoms. The van der Waals surface area contributed by atoms with Crippen LogP contribution >= 0.6 is 12.2 Å². The molecule has 0 radical (unpaired) electrons. The predicted molar refractivity (Wildman–Crippen MR) is 106 cm³/mol. The van der Waals surface area contributed by atoms with Crippen LogP contribution in [-0.4, -0.2) is 26.1 Å². The molecule has 2 atom stereocenters. The third-order valence-electron chi connectivity index (χ3n) is 4.59. The summed E-state index contributed by atoms with van der Waals surface area (Å²) < 4.78 is 2.27. The summed E-state index contributed by atoms with van der Waals surface area (Å²) in [6, 6.07) is 8.52. The number of pyridine rings is 1. The summed E-state index contributed by atoms with van der Waals surface area (Å²) in [5.41, 5.74) is 2.37. The van der Waals surface area contributed by atoms with Crippen molar-refractivity contribution < 1.29 is 0 Å². The van der Waals surface area contributed by atoms with Crippen molar-refractivity contribution in [1.82, 2.24) is 19.8 Å². The van der Waals surface area contributed by atoms with Gasteiger partial charge >= 0.3 is 0 Å². The Labute approximate surface area is 156 Å². The SMILES string of the molecule is CC(C)CN1C(=S)N[C@H](c2ccccn2)[C@@H]1c1ccn(C(C)(C)C)c1. The van der Waals surface area contributed by atoms with Gasteiger partial charge in [-0.2, -0.15) is 0 Å². The molecule has 2 aromatic rings. The summed E-state index contributed by atoms with van der Waals surface area (Å²) in [5, 5.41) is 4.33. The molecule has 3 heterocycles. The molecule has 1 N–H and O–H groups in total. The third-order valence-corrected chi connectivity index (χ3v) is 4.94. The molecule has 0 unspecified atom stereocenters. The average molecular weight is 357 g/mol. The second kappa shape index (κ2) is 6.79. The molecule has 1 fully saturated rings. The first kappa shape index (κ1) is 17.9. The van der Waals surface area contributed by atoms with Crippen LogP contribution in [0.25, 0.3) is 0 Å². The number of hydrogen-bond acceptors (Lipinski definition) is 2. The summed E-state index contributed by atoms with van der Waals surface area (Å²) in [6.45, 7) is 12.0. The van der Waals surface area contributed by atoms with Gasteiger partial charge in [0, 0.05) is 30.7 Å². The van der Waals surface area contributed by atoms with Crippen LogP contribution in [0.5, 0.6) is 0 Å². The number of hydrogen-bond donors (Lipinski definition) is 1. The van der Waals surface area contributed by atoms with Crippen molar-refractivity contribution in [3.05, 3.63) is 54.1 Å². The zero-order valence-corrected chi connectivity index (χ0v) is 16.5. The van der Waals surface area contributed by atoms with Crippen molar-refractivity contribution in [3.63, 3.8) is 0 Å². The Bertz CT molecular complexity index is 730. The molecule has 1 aliphatic rings. The molecule has 0 aliphatic carbocycles. The first-order valence-corrected chi connectivity index (χ1v) is 9.34. The average Bonchev–Trinajstić information content (AvgIpc) is 3.13. The van der Waals surface area contributed by atoms with Crippen LogP contribution in [0, 0.1) is 5.92 Å². The van der Waals surface area contributed by atoms with Gasteiger partial charge < -0.3 is 14.8 Å². The van der Waals surface area contributed by atoms with Crippen LogP contribution in [0.3, 0.4) is 0 Å². The maximum absolute atomic E-state index is 5.67. The lowest BCUT2D eigenvalue weighted by Crippen LogP contribution is -2.32. The Morgan fingerprint density at radius 2 is 2.00 bits per heavy atom.